The summed E-state index contributed by atoms with van der Waals surface area (Å²) in [5.74, 6) is 1.70. The van der Waals surface area contributed by atoms with Gasteiger partial charge < -0.3 is 15.5 Å². The number of rotatable bonds is 5. The van der Waals surface area contributed by atoms with Crippen molar-refractivity contribution >= 4 is 5.96 Å². The number of guanidine groups is 1. The maximum Gasteiger partial charge on any atom is 0.191 e. The Hall–Kier alpha value is -0.770. The molecular formula is C16H34N4. The highest BCUT2D eigenvalue weighted by molar-refractivity contribution is 5.80. The number of nitrogens with zero attached hydrogens (tertiary/aromatic N) is 2. The molecule has 0 unspecified atom stereocenters. The van der Waals surface area contributed by atoms with Crippen molar-refractivity contribution in [3.8, 4) is 0 Å². The minimum absolute atomic E-state index is 0.0610. The number of aliphatic imine (C=N–C) groups is 1. The van der Waals surface area contributed by atoms with Crippen molar-refractivity contribution in [3.63, 3.8) is 0 Å². The number of hydrogen-bond donors (Lipinski definition) is 2. The van der Waals surface area contributed by atoms with Gasteiger partial charge in [-0.1, -0.05) is 6.92 Å². The van der Waals surface area contributed by atoms with E-state index in [1.54, 1.807) is 0 Å². The van der Waals surface area contributed by atoms with Crippen LogP contribution in [0.2, 0.25) is 0 Å². The summed E-state index contributed by atoms with van der Waals surface area (Å²) >= 11 is 0. The Kier molecular flexibility index (Phi) is 7.35. The first kappa shape index (κ1) is 17.3. The molecule has 4 nitrogen and oxygen atoms in total. The molecule has 0 bridgehead atoms. The van der Waals surface area contributed by atoms with Crippen molar-refractivity contribution in [2.24, 2.45) is 10.9 Å². The van der Waals surface area contributed by atoms with Crippen LogP contribution in [0.15, 0.2) is 4.99 Å². The second kappa shape index (κ2) is 8.50. The first-order valence-electron chi connectivity index (χ1n) is 8.23. The molecule has 0 aromatic heterocycles. The fourth-order valence-corrected chi connectivity index (χ4v) is 2.59. The number of likely N-dealkylation sites (tertiary alicyclic amines) is 1. The summed E-state index contributed by atoms with van der Waals surface area (Å²) < 4.78 is 0. The number of nitrogens with one attached hydrogen (secondary N) is 2. The van der Waals surface area contributed by atoms with Gasteiger partial charge in [0.15, 0.2) is 5.96 Å². The third-order valence-corrected chi connectivity index (χ3v) is 3.59. The van der Waals surface area contributed by atoms with Crippen LogP contribution in [-0.4, -0.2) is 49.1 Å². The molecule has 1 heterocycles. The summed E-state index contributed by atoms with van der Waals surface area (Å²) in [4.78, 5) is 7.35. The fraction of sp³-hybridized carbons (Fsp3) is 0.938. The van der Waals surface area contributed by atoms with Crippen LogP contribution >= 0.6 is 0 Å². The largest absolute Gasteiger partial charge is 0.357 e. The minimum atomic E-state index is 0.0610. The SMILES string of the molecule is CCCN1CCC(CN=C(NCC)NC(C)(C)C)CC1. The Labute approximate surface area is 125 Å². The maximum atomic E-state index is 4.77. The predicted molar refractivity (Wildman–Crippen MR) is 88.3 cm³/mol. The lowest BCUT2D eigenvalue weighted by Crippen LogP contribution is -2.47. The predicted octanol–water partition coefficient (Wildman–Crippen LogP) is 2.46. The summed E-state index contributed by atoms with van der Waals surface area (Å²) in [5.41, 5.74) is 0.0610. The highest BCUT2D eigenvalue weighted by Crippen LogP contribution is 2.17. The molecule has 1 aliphatic rings. The van der Waals surface area contributed by atoms with Gasteiger partial charge in [0.2, 0.25) is 0 Å². The third-order valence-electron chi connectivity index (χ3n) is 3.59. The van der Waals surface area contributed by atoms with E-state index in [4.69, 9.17) is 4.99 Å². The van der Waals surface area contributed by atoms with Gasteiger partial charge in [-0.15, -0.1) is 0 Å². The van der Waals surface area contributed by atoms with E-state index in [9.17, 15) is 0 Å². The van der Waals surface area contributed by atoms with E-state index in [0.717, 1.165) is 25.0 Å². The van der Waals surface area contributed by atoms with Gasteiger partial charge in [0.05, 0.1) is 0 Å². The van der Waals surface area contributed by atoms with Gasteiger partial charge >= 0.3 is 0 Å². The van der Waals surface area contributed by atoms with Gasteiger partial charge in [-0.2, -0.15) is 0 Å². The Balaban J connectivity index is 2.40. The second-order valence-electron chi connectivity index (χ2n) is 6.88. The average molecular weight is 282 g/mol. The maximum absolute atomic E-state index is 4.77. The summed E-state index contributed by atoms with van der Waals surface area (Å²) in [7, 11) is 0. The molecule has 0 saturated carbocycles. The molecule has 1 rings (SSSR count). The molecule has 0 amide bonds. The van der Waals surface area contributed by atoms with Crippen LogP contribution in [0, 0.1) is 5.92 Å². The molecule has 1 saturated heterocycles. The van der Waals surface area contributed by atoms with Crippen molar-refractivity contribution < 1.29 is 0 Å². The number of hydrogen-bond acceptors (Lipinski definition) is 2. The lowest BCUT2D eigenvalue weighted by molar-refractivity contribution is 0.188. The molecule has 0 aliphatic carbocycles. The van der Waals surface area contributed by atoms with Gasteiger partial charge in [0.1, 0.15) is 0 Å². The Morgan fingerprint density at radius 1 is 1.20 bits per heavy atom. The van der Waals surface area contributed by atoms with E-state index >= 15 is 0 Å². The highest BCUT2D eigenvalue weighted by Gasteiger charge is 2.19. The van der Waals surface area contributed by atoms with E-state index in [0.29, 0.717) is 0 Å². The second-order valence-corrected chi connectivity index (χ2v) is 6.88. The van der Waals surface area contributed by atoms with Crippen molar-refractivity contribution in [1.29, 1.82) is 0 Å². The number of piperidine rings is 1. The van der Waals surface area contributed by atoms with Crippen molar-refractivity contribution in [2.45, 2.75) is 59.4 Å². The van der Waals surface area contributed by atoms with E-state index in [2.05, 4.69) is 50.2 Å². The Morgan fingerprint density at radius 2 is 1.85 bits per heavy atom. The van der Waals surface area contributed by atoms with Crippen molar-refractivity contribution in [2.75, 3.05) is 32.7 Å². The van der Waals surface area contributed by atoms with Gasteiger partial charge in [0.25, 0.3) is 0 Å². The highest BCUT2D eigenvalue weighted by atomic mass is 15.2. The van der Waals surface area contributed by atoms with Crippen LogP contribution in [-0.2, 0) is 0 Å². The van der Waals surface area contributed by atoms with Gasteiger partial charge in [-0.25, -0.2) is 0 Å². The van der Waals surface area contributed by atoms with Gasteiger partial charge in [-0.05, 0) is 72.5 Å². The summed E-state index contributed by atoms with van der Waals surface area (Å²) in [6.07, 6.45) is 3.85. The van der Waals surface area contributed by atoms with E-state index in [1.807, 2.05) is 0 Å². The van der Waals surface area contributed by atoms with Gasteiger partial charge in [-0.3, -0.25) is 4.99 Å². The average Bonchev–Trinajstić information content (AvgIpc) is 2.36. The fourth-order valence-electron chi connectivity index (χ4n) is 2.59. The molecule has 20 heavy (non-hydrogen) atoms. The monoisotopic (exact) mass is 282 g/mol. The molecular weight excluding hydrogens is 248 g/mol. The summed E-state index contributed by atoms with van der Waals surface area (Å²) in [6, 6.07) is 0. The lowest BCUT2D eigenvalue weighted by Gasteiger charge is -2.31. The molecule has 1 fully saturated rings. The standard InChI is InChI=1S/C16H34N4/c1-6-10-20-11-8-14(9-12-20)13-18-15(17-7-2)19-16(3,4)5/h14H,6-13H2,1-5H3,(H2,17,18,19). The van der Waals surface area contributed by atoms with E-state index in [1.165, 1.54) is 38.9 Å². The summed E-state index contributed by atoms with van der Waals surface area (Å²) in [5, 5.41) is 6.79. The third kappa shape index (κ3) is 7.13. The Bertz CT molecular complexity index is 285. The van der Waals surface area contributed by atoms with E-state index in [-0.39, 0.29) is 5.54 Å². The van der Waals surface area contributed by atoms with Crippen LogP contribution in [0.4, 0.5) is 0 Å². The molecule has 4 heteroatoms. The summed E-state index contributed by atoms with van der Waals surface area (Å²) in [6.45, 7) is 16.5. The minimum Gasteiger partial charge on any atom is -0.357 e. The zero-order valence-electron chi connectivity index (χ0n) is 14.1. The molecule has 0 atom stereocenters. The molecule has 0 aromatic carbocycles. The smallest absolute Gasteiger partial charge is 0.191 e. The zero-order valence-corrected chi connectivity index (χ0v) is 14.1. The molecule has 118 valence electrons. The van der Waals surface area contributed by atoms with Crippen LogP contribution in [0.1, 0.15) is 53.9 Å². The normalized spacial score (nSPS) is 19.1. The zero-order chi connectivity index (χ0) is 15.0. The topological polar surface area (TPSA) is 39.7 Å². The first-order chi connectivity index (χ1) is 9.44. The molecule has 1 aliphatic heterocycles. The molecule has 0 aromatic rings. The molecule has 0 spiro atoms. The molecule has 0 radical (unpaired) electrons. The first-order valence-corrected chi connectivity index (χ1v) is 8.23. The van der Waals surface area contributed by atoms with Crippen LogP contribution in [0.5, 0.6) is 0 Å². The Morgan fingerprint density at radius 3 is 2.35 bits per heavy atom. The lowest BCUT2D eigenvalue weighted by atomic mass is 9.97. The van der Waals surface area contributed by atoms with Gasteiger partial charge in [0, 0.05) is 18.6 Å². The van der Waals surface area contributed by atoms with E-state index < -0.39 is 0 Å². The van der Waals surface area contributed by atoms with Crippen LogP contribution in [0.3, 0.4) is 0 Å². The quantitative estimate of drug-likeness (QED) is 0.601. The molecule has 2 N–H and O–H groups in total. The van der Waals surface area contributed by atoms with Crippen molar-refractivity contribution in [1.82, 2.24) is 15.5 Å². The van der Waals surface area contributed by atoms with Crippen LogP contribution < -0.4 is 10.6 Å². The van der Waals surface area contributed by atoms with Crippen LogP contribution in [0.25, 0.3) is 0 Å². The van der Waals surface area contributed by atoms with Crippen molar-refractivity contribution in [3.05, 3.63) is 0 Å².